The van der Waals surface area contributed by atoms with Gasteiger partial charge in [0.25, 0.3) is 15.9 Å². The predicted octanol–water partition coefficient (Wildman–Crippen LogP) is 2.26. The van der Waals surface area contributed by atoms with E-state index in [9.17, 15) is 18.0 Å². The Kier molecular flexibility index (Phi) is 7.45. The minimum atomic E-state index is -3.82. The molecule has 2 rings (SSSR count). The first-order valence-corrected chi connectivity index (χ1v) is 11.0. The summed E-state index contributed by atoms with van der Waals surface area (Å²) in [7, 11) is -2.54. The molecule has 0 saturated heterocycles. The molecule has 1 aliphatic carbocycles. The standard InChI is InChI=1S/C16H23ClN2O5S2/c1-11-5-3-4-6-12(11)18-14(20)10-24-15(21)9-19(2)26(22,23)16-8-7-13(17)25-16/h7-8,11-12H,3-6,9-10H2,1-2H3,(H,18,20)/t11-,12-/m1/s1. The average molecular weight is 423 g/mol. The average Bonchev–Trinajstić information content (AvgIpc) is 3.02. The molecule has 1 fully saturated rings. The molecule has 2 atom stereocenters. The molecule has 7 nitrogen and oxygen atoms in total. The van der Waals surface area contributed by atoms with Gasteiger partial charge >= 0.3 is 5.97 Å². The van der Waals surface area contributed by atoms with Crippen LogP contribution >= 0.6 is 22.9 Å². The van der Waals surface area contributed by atoms with Crippen molar-refractivity contribution in [2.75, 3.05) is 20.2 Å². The summed E-state index contributed by atoms with van der Waals surface area (Å²) in [5.74, 6) is -0.754. The smallest absolute Gasteiger partial charge is 0.321 e. The number of nitrogens with zero attached hydrogens (tertiary/aromatic N) is 1. The first kappa shape index (κ1) is 21.1. The molecule has 146 valence electrons. The van der Waals surface area contributed by atoms with Gasteiger partial charge in [0.2, 0.25) is 0 Å². The van der Waals surface area contributed by atoms with Crippen LogP contribution in [-0.2, 0) is 24.3 Å². The lowest BCUT2D eigenvalue weighted by Gasteiger charge is -2.29. The van der Waals surface area contributed by atoms with Gasteiger partial charge in [-0.3, -0.25) is 9.59 Å². The Morgan fingerprint density at radius 3 is 2.65 bits per heavy atom. The van der Waals surface area contributed by atoms with Gasteiger partial charge in [0.15, 0.2) is 6.61 Å². The quantitative estimate of drug-likeness (QED) is 0.680. The number of likely N-dealkylation sites (N-methyl/N-ethyl adjacent to an activating group) is 1. The van der Waals surface area contributed by atoms with Crippen LogP contribution in [0.2, 0.25) is 4.34 Å². The van der Waals surface area contributed by atoms with Crippen LogP contribution in [0.25, 0.3) is 0 Å². The molecule has 1 saturated carbocycles. The molecule has 0 aromatic carbocycles. The summed E-state index contributed by atoms with van der Waals surface area (Å²) in [6.45, 7) is 1.19. The number of sulfonamides is 1. The summed E-state index contributed by atoms with van der Waals surface area (Å²) < 4.78 is 30.8. The highest BCUT2D eigenvalue weighted by molar-refractivity contribution is 7.91. The zero-order valence-corrected chi connectivity index (χ0v) is 17.1. The van der Waals surface area contributed by atoms with Gasteiger partial charge in [-0.25, -0.2) is 8.42 Å². The zero-order valence-electron chi connectivity index (χ0n) is 14.7. The number of carbonyl (C=O) groups excluding carboxylic acids is 2. The fourth-order valence-electron chi connectivity index (χ4n) is 2.83. The molecule has 0 bridgehead atoms. The number of hydrogen-bond acceptors (Lipinski definition) is 6. The molecule has 10 heteroatoms. The number of hydrogen-bond donors (Lipinski definition) is 1. The van der Waals surface area contributed by atoms with Crippen molar-refractivity contribution in [3.8, 4) is 0 Å². The third-order valence-corrected chi connectivity index (χ3v) is 7.89. The van der Waals surface area contributed by atoms with Gasteiger partial charge in [0, 0.05) is 13.1 Å². The maximum absolute atomic E-state index is 12.3. The van der Waals surface area contributed by atoms with Gasteiger partial charge in [0.1, 0.15) is 10.8 Å². The van der Waals surface area contributed by atoms with Gasteiger partial charge in [-0.05, 0) is 30.9 Å². The molecule has 0 radical (unpaired) electrons. The van der Waals surface area contributed by atoms with Crippen molar-refractivity contribution >= 4 is 44.8 Å². The molecular weight excluding hydrogens is 400 g/mol. The maximum Gasteiger partial charge on any atom is 0.321 e. The first-order chi connectivity index (χ1) is 12.2. The Labute approximate surface area is 162 Å². The summed E-state index contributed by atoms with van der Waals surface area (Å²) in [6.07, 6.45) is 4.23. The number of thiophene rings is 1. The van der Waals surface area contributed by atoms with Crippen LogP contribution in [0.1, 0.15) is 32.6 Å². The van der Waals surface area contributed by atoms with Gasteiger partial charge in [-0.2, -0.15) is 4.31 Å². The van der Waals surface area contributed by atoms with E-state index in [2.05, 4.69) is 12.2 Å². The van der Waals surface area contributed by atoms with Gasteiger partial charge in [-0.1, -0.05) is 31.4 Å². The first-order valence-electron chi connectivity index (χ1n) is 8.37. The minimum Gasteiger partial charge on any atom is -0.455 e. The van der Waals surface area contributed by atoms with Crippen molar-refractivity contribution in [1.29, 1.82) is 0 Å². The molecule has 26 heavy (non-hydrogen) atoms. The number of esters is 1. The van der Waals surface area contributed by atoms with Crippen LogP contribution in [-0.4, -0.2) is 50.8 Å². The normalized spacial score (nSPS) is 20.8. The van der Waals surface area contributed by atoms with Crippen LogP contribution in [0.4, 0.5) is 0 Å². The lowest BCUT2D eigenvalue weighted by atomic mass is 9.86. The van der Waals surface area contributed by atoms with Crippen LogP contribution in [0, 0.1) is 5.92 Å². The van der Waals surface area contributed by atoms with Crippen LogP contribution < -0.4 is 5.32 Å². The van der Waals surface area contributed by atoms with Crippen molar-refractivity contribution in [2.45, 2.75) is 42.9 Å². The van der Waals surface area contributed by atoms with E-state index >= 15 is 0 Å². The second kappa shape index (κ2) is 9.16. The Morgan fingerprint density at radius 2 is 2.04 bits per heavy atom. The largest absolute Gasteiger partial charge is 0.455 e. The van der Waals surface area contributed by atoms with Gasteiger partial charge < -0.3 is 10.1 Å². The number of halogens is 1. The van der Waals surface area contributed by atoms with E-state index in [0.29, 0.717) is 10.3 Å². The van der Waals surface area contributed by atoms with Gasteiger partial charge in [0.05, 0.1) is 4.34 Å². The van der Waals surface area contributed by atoms with Crippen molar-refractivity contribution in [3.05, 3.63) is 16.5 Å². The highest BCUT2D eigenvalue weighted by Gasteiger charge is 2.26. The number of ether oxygens (including phenoxy) is 1. The SMILES string of the molecule is C[C@@H]1CCCC[C@H]1NC(=O)COC(=O)CN(C)S(=O)(=O)c1ccc(Cl)s1. The van der Waals surface area contributed by atoms with Crippen LogP contribution in [0.3, 0.4) is 0 Å². The van der Waals surface area contributed by atoms with Crippen molar-refractivity contribution in [1.82, 2.24) is 9.62 Å². The van der Waals surface area contributed by atoms with Crippen molar-refractivity contribution in [2.24, 2.45) is 5.92 Å². The summed E-state index contributed by atoms with van der Waals surface area (Å²) in [4.78, 5) is 23.8. The topological polar surface area (TPSA) is 92.8 Å². The monoisotopic (exact) mass is 422 g/mol. The number of nitrogens with one attached hydrogen (secondary N) is 1. The second-order valence-electron chi connectivity index (χ2n) is 6.42. The fraction of sp³-hybridized carbons (Fsp3) is 0.625. The zero-order chi connectivity index (χ0) is 19.3. The summed E-state index contributed by atoms with van der Waals surface area (Å²) in [6, 6.07) is 2.95. The fourth-order valence-corrected chi connectivity index (χ4v) is 5.64. The molecule has 1 amide bonds. The van der Waals surface area contributed by atoms with E-state index < -0.39 is 29.1 Å². The van der Waals surface area contributed by atoms with E-state index in [0.717, 1.165) is 34.9 Å². The number of carbonyl (C=O) groups is 2. The van der Waals surface area contributed by atoms with E-state index in [1.165, 1.54) is 25.6 Å². The van der Waals surface area contributed by atoms with Crippen molar-refractivity contribution in [3.63, 3.8) is 0 Å². The van der Waals surface area contributed by atoms with E-state index in [1.54, 1.807) is 0 Å². The van der Waals surface area contributed by atoms with E-state index in [-0.39, 0.29) is 16.2 Å². The molecule has 0 aliphatic heterocycles. The number of rotatable bonds is 7. The van der Waals surface area contributed by atoms with Crippen molar-refractivity contribution < 1.29 is 22.7 Å². The summed E-state index contributed by atoms with van der Waals surface area (Å²) in [5.41, 5.74) is 0. The van der Waals surface area contributed by atoms with Crippen LogP contribution in [0.15, 0.2) is 16.3 Å². The predicted molar refractivity (Wildman–Crippen MR) is 99.7 cm³/mol. The highest BCUT2D eigenvalue weighted by atomic mass is 35.5. The summed E-state index contributed by atoms with van der Waals surface area (Å²) in [5, 5.41) is 2.88. The molecule has 1 N–H and O–H groups in total. The lowest BCUT2D eigenvalue weighted by molar-refractivity contribution is -0.148. The second-order valence-corrected chi connectivity index (χ2v) is 10.4. The van der Waals surface area contributed by atoms with Gasteiger partial charge in [-0.15, -0.1) is 11.3 Å². The lowest BCUT2D eigenvalue weighted by Crippen LogP contribution is -2.43. The molecule has 1 heterocycles. The van der Waals surface area contributed by atoms with E-state index in [1.807, 2.05) is 0 Å². The summed E-state index contributed by atoms with van der Waals surface area (Å²) >= 11 is 6.66. The minimum absolute atomic E-state index is 0.0434. The highest BCUT2D eigenvalue weighted by Crippen LogP contribution is 2.27. The third kappa shape index (κ3) is 5.67. The Bertz CT molecular complexity index is 750. The Morgan fingerprint density at radius 1 is 1.35 bits per heavy atom. The Hall–Kier alpha value is -1.16. The molecule has 1 aromatic rings. The van der Waals surface area contributed by atoms with Crippen LogP contribution in [0.5, 0.6) is 0 Å². The maximum atomic E-state index is 12.3. The molecule has 0 unspecified atom stereocenters. The van der Waals surface area contributed by atoms with E-state index in [4.69, 9.17) is 16.3 Å². The molecule has 0 spiro atoms. The molecular formula is C16H23ClN2O5S2. The Balaban J connectivity index is 1.79. The molecule has 1 aromatic heterocycles. The molecule has 1 aliphatic rings. The third-order valence-electron chi connectivity index (χ3n) is 4.39. The number of amides is 1.